The van der Waals surface area contributed by atoms with Crippen molar-refractivity contribution in [1.82, 2.24) is 0 Å². The average Bonchev–Trinajstić information content (AvgIpc) is 2.83. The number of allylic oxidation sites excluding steroid dienone is 18. The predicted octanol–water partition coefficient (Wildman–Crippen LogP) is 9.60. The smallest absolute Gasteiger partial charge is 0.0711 e. The van der Waals surface area contributed by atoms with Crippen LogP contribution in [0.5, 0.6) is 0 Å². The van der Waals surface area contributed by atoms with E-state index in [4.69, 9.17) is 0 Å². The molecule has 4 atom stereocenters. The highest BCUT2D eigenvalue weighted by Gasteiger charge is 2.47. The molecule has 0 aliphatic heterocycles. The largest absolute Gasteiger partial charge is 0.393 e. The fourth-order valence-electron chi connectivity index (χ4n) is 6.70. The Morgan fingerprint density at radius 1 is 0.651 bits per heavy atom. The molecule has 2 aliphatic rings. The molecular weight excluding hydrogens is 528 g/mol. The molecule has 1 saturated carbocycles. The van der Waals surface area contributed by atoms with Crippen molar-refractivity contribution >= 4 is 0 Å². The van der Waals surface area contributed by atoms with E-state index in [1.807, 2.05) is 6.92 Å². The number of hydrogen-bond donors (Lipinski definition) is 3. The van der Waals surface area contributed by atoms with Crippen molar-refractivity contribution in [2.75, 3.05) is 0 Å². The molecule has 2 rings (SSSR count). The lowest BCUT2D eigenvalue weighted by Crippen LogP contribution is -2.50. The van der Waals surface area contributed by atoms with E-state index in [-0.39, 0.29) is 22.9 Å². The first-order chi connectivity index (χ1) is 19.9. The molecule has 236 valence electrons. The molecule has 2 aliphatic carbocycles. The van der Waals surface area contributed by atoms with Gasteiger partial charge in [0.2, 0.25) is 0 Å². The van der Waals surface area contributed by atoms with Gasteiger partial charge in [0.05, 0.1) is 17.8 Å². The minimum Gasteiger partial charge on any atom is -0.393 e. The minimum atomic E-state index is -0.912. The molecule has 3 heteroatoms. The highest BCUT2D eigenvalue weighted by molar-refractivity contribution is 5.38. The van der Waals surface area contributed by atoms with Gasteiger partial charge in [-0.15, -0.1) is 0 Å². The summed E-state index contributed by atoms with van der Waals surface area (Å²) < 4.78 is 0. The Hall–Kier alpha value is -2.72. The molecule has 0 bridgehead atoms. The Morgan fingerprint density at radius 3 is 1.65 bits per heavy atom. The normalized spacial score (nSPS) is 29.8. The summed E-state index contributed by atoms with van der Waals surface area (Å²) in [4.78, 5) is 0. The van der Waals surface area contributed by atoms with E-state index in [9.17, 15) is 15.3 Å². The number of hydrogen-bond acceptors (Lipinski definition) is 3. The fourth-order valence-corrected chi connectivity index (χ4v) is 6.70. The standard InChI is InChI=1S/C40H58O3/c1-29(17-13-19-31(3)21-23-36-33(5)25-34(41)26-38(36,6)7)15-11-12-16-30(2)18-14-20-32(4)22-24-37-39(8,9)27-35(42)28-40(37,10)43/h11-24,34-35,37,41-43H,25-28H2,1-10H3/b12-11+,17-13+,18-14+,23-21+,24-22+,29-15+,30-16+,31-19+,32-20+. The van der Waals surface area contributed by atoms with E-state index in [2.05, 4.69) is 147 Å². The molecule has 3 nitrogen and oxygen atoms in total. The van der Waals surface area contributed by atoms with Crippen molar-refractivity contribution in [2.24, 2.45) is 16.7 Å². The van der Waals surface area contributed by atoms with E-state index in [0.29, 0.717) is 12.8 Å². The molecule has 0 radical (unpaired) electrons. The monoisotopic (exact) mass is 586 g/mol. The Balaban J connectivity index is 1.91. The van der Waals surface area contributed by atoms with Crippen LogP contribution in [0.25, 0.3) is 0 Å². The zero-order chi connectivity index (χ0) is 32.4. The lowest BCUT2D eigenvalue weighted by Gasteiger charge is -2.48. The Kier molecular flexibility index (Phi) is 13.4. The van der Waals surface area contributed by atoms with Gasteiger partial charge in [-0.3, -0.25) is 0 Å². The van der Waals surface area contributed by atoms with Crippen LogP contribution < -0.4 is 0 Å². The quantitative estimate of drug-likeness (QED) is 0.223. The van der Waals surface area contributed by atoms with Crippen LogP contribution in [0.4, 0.5) is 0 Å². The summed E-state index contributed by atoms with van der Waals surface area (Å²) in [6.45, 7) is 21.0. The summed E-state index contributed by atoms with van der Waals surface area (Å²) in [5.41, 5.74) is 6.19. The summed E-state index contributed by atoms with van der Waals surface area (Å²) in [6.07, 6.45) is 31.4. The number of aliphatic hydroxyl groups excluding tert-OH is 2. The van der Waals surface area contributed by atoms with Crippen LogP contribution in [0.1, 0.15) is 94.9 Å². The van der Waals surface area contributed by atoms with Gasteiger partial charge in [-0.25, -0.2) is 0 Å². The van der Waals surface area contributed by atoms with Gasteiger partial charge in [0.15, 0.2) is 0 Å². The highest BCUT2D eigenvalue weighted by Crippen LogP contribution is 2.47. The van der Waals surface area contributed by atoms with Crippen molar-refractivity contribution in [3.8, 4) is 0 Å². The predicted molar refractivity (Wildman–Crippen MR) is 186 cm³/mol. The van der Waals surface area contributed by atoms with Gasteiger partial charge in [0.25, 0.3) is 0 Å². The van der Waals surface area contributed by atoms with Gasteiger partial charge in [-0.05, 0) is 77.2 Å². The molecule has 0 spiro atoms. The molecule has 1 fully saturated rings. The van der Waals surface area contributed by atoms with E-state index in [0.717, 1.165) is 24.0 Å². The van der Waals surface area contributed by atoms with Gasteiger partial charge >= 0.3 is 0 Å². The third kappa shape index (κ3) is 12.1. The van der Waals surface area contributed by atoms with E-state index in [1.165, 1.54) is 22.3 Å². The first-order valence-corrected chi connectivity index (χ1v) is 15.8. The Labute approximate surface area is 262 Å². The van der Waals surface area contributed by atoms with E-state index < -0.39 is 11.7 Å². The van der Waals surface area contributed by atoms with Crippen LogP contribution >= 0.6 is 0 Å². The van der Waals surface area contributed by atoms with Crippen LogP contribution in [0.15, 0.2) is 119 Å². The van der Waals surface area contributed by atoms with E-state index in [1.54, 1.807) is 0 Å². The zero-order valence-electron chi connectivity index (χ0n) is 28.5. The summed E-state index contributed by atoms with van der Waals surface area (Å²) in [5.74, 6) is -0.0107. The molecule has 0 aromatic heterocycles. The van der Waals surface area contributed by atoms with Gasteiger partial charge in [-0.1, -0.05) is 141 Å². The molecule has 0 aromatic carbocycles. The Morgan fingerprint density at radius 2 is 1.14 bits per heavy atom. The topological polar surface area (TPSA) is 60.7 Å². The van der Waals surface area contributed by atoms with Crippen molar-refractivity contribution in [2.45, 2.75) is 113 Å². The van der Waals surface area contributed by atoms with Gasteiger partial charge in [-0.2, -0.15) is 0 Å². The highest BCUT2D eigenvalue weighted by atomic mass is 16.3. The first kappa shape index (κ1) is 36.5. The maximum absolute atomic E-state index is 10.9. The van der Waals surface area contributed by atoms with Gasteiger partial charge in [0, 0.05) is 12.3 Å². The Bertz CT molecular complexity index is 1250. The molecule has 0 heterocycles. The van der Waals surface area contributed by atoms with Crippen LogP contribution in [0, 0.1) is 16.7 Å². The maximum Gasteiger partial charge on any atom is 0.0711 e. The van der Waals surface area contributed by atoms with Crippen LogP contribution in [-0.4, -0.2) is 33.1 Å². The summed E-state index contributed by atoms with van der Waals surface area (Å²) in [5, 5.41) is 31.2. The number of aliphatic hydroxyl groups is 3. The zero-order valence-corrected chi connectivity index (χ0v) is 28.5. The second kappa shape index (κ2) is 15.8. The molecule has 4 unspecified atom stereocenters. The third-order valence-electron chi connectivity index (χ3n) is 8.73. The molecule has 0 aromatic rings. The lowest BCUT2D eigenvalue weighted by atomic mass is 9.61. The van der Waals surface area contributed by atoms with Crippen LogP contribution in [-0.2, 0) is 0 Å². The molecule has 3 N–H and O–H groups in total. The summed E-state index contributed by atoms with van der Waals surface area (Å²) >= 11 is 0. The van der Waals surface area contributed by atoms with Crippen molar-refractivity contribution in [1.29, 1.82) is 0 Å². The van der Waals surface area contributed by atoms with E-state index >= 15 is 0 Å². The van der Waals surface area contributed by atoms with Crippen LogP contribution in [0.2, 0.25) is 0 Å². The fraction of sp³-hybridized carbons (Fsp3) is 0.500. The third-order valence-corrected chi connectivity index (χ3v) is 8.73. The average molecular weight is 587 g/mol. The second-order valence-corrected chi connectivity index (χ2v) is 14.5. The SMILES string of the molecule is CC1=C(/C=C/C(C)=C/C=C/C(C)=C/C=C/C=C(C)/C=C/C=C(C)/C=C/C2C(C)(C)CC(O)CC2(C)O)C(C)(C)CC(O)C1. The van der Waals surface area contributed by atoms with Gasteiger partial charge in [0.1, 0.15) is 0 Å². The lowest BCUT2D eigenvalue weighted by molar-refractivity contribution is -0.111. The summed E-state index contributed by atoms with van der Waals surface area (Å²) in [7, 11) is 0. The molecular formula is C40H58O3. The molecule has 43 heavy (non-hydrogen) atoms. The van der Waals surface area contributed by atoms with Crippen molar-refractivity contribution in [3.05, 3.63) is 119 Å². The van der Waals surface area contributed by atoms with Gasteiger partial charge < -0.3 is 15.3 Å². The van der Waals surface area contributed by atoms with Crippen LogP contribution in [0.3, 0.4) is 0 Å². The minimum absolute atomic E-state index is 0.00190. The maximum atomic E-state index is 10.9. The first-order valence-electron chi connectivity index (χ1n) is 15.8. The molecule has 0 saturated heterocycles. The summed E-state index contributed by atoms with van der Waals surface area (Å²) in [6, 6.07) is 0. The second-order valence-electron chi connectivity index (χ2n) is 14.5. The van der Waals surface area contributed by atoms with Crippen molar-refractivity contribution in [3.63, 3.8) is 0 Å². The van der Waals surface area contributed by atoms with Crippen molar-refractivity contribution < 1.29 is 15.3 Å². The molecule has 0 amide bonds. The number of rotatable bonds is 10.